The van der Waals surface area contributed by atoms with Crippen molar-refractivity contribution in [1.29, 1.82) is 10.5 Å². The Morgan fingerprint density at radius 3 is 2.53 bits per heavy atom. The van der Waals surface area contributed by atoms with Gasteiger partial charge < -0.3 is 5.32 Å². The third-order valence-corrected chi connectivity index (χ3v) is 2.82. The van der Waals surface area contributed by atoms with Crippen molar-refractivity contribution in [2.24, 2.45) is 0 Å². The Hall–Kier alpha value is -2.56. The second kappa shape index (κ2) is 5.39. The van der Waals surface area contributed by atoms with E-state index in [1.165, 1.54) is 18.2 Å². The van der Waals surface area contributed by atoms with Crippen LogP contribution in [0.2, 0.25) is 5.02 Å². The lowest BCUT2D eigenvalue weighted by atomic mass is 10.1. The lowest BCUT2D eigenvalue weighted by Gasteiger charge is -2.10. The molecule has 92 valence electrons. The topological polar surface area (TPSA) is 59.6 Å². The first-order valence-electron chi connectivity index (χ1n) is 5.31. The highest BCUT2D eigenvalue weighted by Crippen LogP contribution is 2.28. The van der Waals surface area contributed by atoms with E-state index in [1.807, 2.05) is 6.07 Å². The number of anilines is 2. The molecule has 0 heterocycles. The van der Waals surface area contributed by atoms with Gasteiger partial charge in [0.1, 0.15) is 17.4 Å². The van der Waals surface area contributed by atoms with E-state index in [2.05, 4.69) is 5.32 Å². The third-order valence-electron chi connectivity index (χ3n) is 2.49. The summed E-state index contributed by atoms with van der Waals surface area (Å²) in [6, 6.07) is 12.7. The Bertz CT molecular complexity index is 714. The van der Waals surface area contributed by atoms with Gasteiger partial charge >= 0.3 is 0 Å². The summed E-state index contributed by atoms with van der Waals surface area (Å²) >= 11 is 5.99. The van der Waals surface area contributed by atoms with Crippen LogP contribution in [-0.4, -0.2) is 0 Å². The second-order valence-corrected chi connectivity index (χ2v) is 4.11. The number of benzene rings is 2. The zero-order valence-corrected chi connectivity index (χ0v) is 10.4. The van der Waals surface area contributed by atoms with Gasteiger partial charge in [0.05, 0.1) is 28.0 Å². The van der Waals surface area contributed by atoms with E-state index in [0.717, 1.165) is 0 Å². The maximum absolute atomic E-state index is 13.5. The van der Waals surface area contributed by atoms with Crippen molar-refractivity contribution >= 4 is 23.0 Å². The summed E-state index contributed by atoms with van der Waals surface area (Å²) in [5.41, 5.74) is 1.07. The monoisotopic (exact) mass is 271 g/mol. The van der Waals surface area contributed by atoms with Gasteiger partial charge in [-0.3, -0.25) is 0 Å². The maximum atomic E-state index is 13.5. The molecule has 0 bridgehead atoms. The molecule has 0 spiro atoms. The van der Waals surface area contributed by atoms with Gasteiger partial charge in [0.15, 0.2) is 0 Å². The van der Waals surface area contributed by atoms with Gasteiger partial charge in [-0.1, -0.05) is 17.7 Å². The van der Waals surface area contributed by atoms with Crippen LogP contribution in [0.3, 0.4) is 0 Å². The van der Waals surface area contributed by atoms with Crippen molar-refractivity contribution in [3.8, 4) is 12.1 Å². The Kier molecular flexibility index (Phi) is 3.66. The predicted molar refractivity (Wildman–Crippen MR) is 70.6 cm³/mol. The van der Waals surface area contributed by atoms with Crippen LogP contribution >= 0.6 is 11.6 Å². The minimum Gasteiger partial charge on any atom is -0.353 e. The van der Waals surface area contributed by atoms with Crippen molar-refractivity contribution < 1.29 is 4.39 Å². The van der Waals surface area contributed by atoms with Crippen molar-refractivity contribution in [3.05, 3.63) is 58.4 Å². The van der Waals surface area contributed by atoms with Crippen LogP contribution in [0.15, 0.2) is 36.4 Å². The minimum absolute atomic E-state index is 0.0964. The van der Waals surface area contributed by atoms with Crippen LogP contribution < -0.4 is 5.32 Å². The number of nitriles is 2. The van der Waals surface area contributed by atoms with Crippen LogP contribution in [0.1, 0.15) is 11.1 Å². The number of hydrogen-bond donors (Lipinski definition) is 1. The molecule has 3 nitrogen and oxygen atoms in total. The molecule has 0 aliphatic rings. The molecule has 0 amide bonds. The SMILES string of the molecule is N#Cc1ccc(Cl)c(Nc2cccc(F)c2C#N)c1. The minimum atomic E-state index is -0.611. The fraction of sp³-hybridized carbons (Fsp3) is 0. The maximum Gasteiger partial charge on any atom is 0.143 e. The van der Waals surface area contributed by atoms with Crippen molar-refractivity contribution in [2.75, 3.05) is 5.32 Å². The van der Waals surface area contributed by atoms with E-state index in [4.69, 9.17) is 22.1 Å². The molecule has 0 aliphatic carbocycles. The zero-order chi connectivity index (χ0) is 13.8. The molecule has 2 rings (SSSR count). The smallest absolute Gasteiger partial charge is 0.143 e. The van der Waals surface area contributed by atoms with E-state index in [9.17, 15) is 4.39 Å². The Labute approximate surface area is 114 Å². The van der Waals surface area contributed by atoms with Gasteiger partial charge in [0.2, 0.25) is 0 Å². The molecule has 0 saturated heterocycles. The number of halogens is 2. The lowest BCUT2D eigenvalue weighted by molar-refractivity contribution is 0.624. The van der Waals surface area contributed by atoms with E-state index in [-0.39, 0.29) is 5.56 Å². The van der Waals surface area contributed by atoms with Crippen molar-refractivity contribution in [3.63, 3.8) is 0 Å². The molecule has 5 heteroatoms. The Morgan fingerprint density at radius 2 is 1.84 bits per heavy atom. The summed E-state index contributed by atoms with van der Waals surface area (Å²) in [4.78, 5) is 0. The Morgan fingerprint density at radius 1 is 1.05 bits per heavy atom. The number of nitrogens with zero attached hydrogens (tertiary/aromatic N) is 2. The summed E-state index contributed by atoms with van der Waals surface area (Å²) in [6.45, 7) is 0. The summed E-state index contributed by atoms with van der Waals surface area (Å²) in [5, 5.41) is 21.0. The molecule has 0 saturated carbocycles. The molecule has 0 aliphatic heterocycles. The lowest BCUT2D eigenvalue weighted by Crippen LogP contribution is -1.97. The van der Waals surface area contributed by atoms with Gasteiger partial charge in [-0.05, 0) is 30.3 Å². The van der Waals surface area contributed by atoms with Crippen LogP contribution in [0.25, 0.3) is 0 Å². The summed E-state index contributed by atoms with van der Waals surface area (Å²) in [7, 11) is 0. The quantitative estimate of drug-likeness (QED) is 0.899. The van der Waals surface area contributed by atoms with Crippen molar-refractivity contribution in [1.82, 2.24) is 0 Å². The average Bonchev–Trinajstić information content (AvgIpc) is 2.41. The zero-order valence-electron chi connectivity index (χ0n) is 9.61. The Balaban J connectivity index is 2.46. The fourth-order valence-electron chi connectivity index (χ4n) is 1.58. The highest BCUT2D eigenvalue weighted by molar-refractivity contribution is 6.33. The molecular formula is C14H7ClFN3. The summed E-state index contributed by atoms with van der Waals surface area (Å²) < 4.78 is 13.5. The van der Waals surface area contributed by atoms with Crippen molar-refractivity contribution in [2.45, 2.75) is 0 Å². The molecule has 0 atom stereocenters. The van der Waals surface area contributed by atoms with E-state index in [1.54, 1.807) is 24.3 Å². The van der Waals surface area contributed by atoms with E-state index in [0.29, 0.717) is 22.0 Å². The third kappa shape index (κ3) is 2.65. The average molecular weight is 272 g/mol. The van der Waals surface area contributed by atoms with Crippen LogP contribution in [0, 0.1) is 28.5 Å². The molecule has 0 fully saturated rings. The molecule has 1 N–H and O–H groups in total. The number of nitrogens with one attached hydrogen (secondary N) is 1. The van der Waals surface area contributed by atoms with E-state index >= 15 is 0 Å². The molecule has 0 aromatic heterocycles. The van der Waals surface area contributed by atoms with Gasteiger partial charge in [-0.25, -0.2) is 4.39 Å². The highest BCUT2D eigenvalue weighted by Gasteiger charge is 2.09. The molecule has 19 heavy (non-hydrogen) atoms. The van der Waals surface area contributed by atoms with Gasteiger partial charge in [0.25, 0.3) is 0 Å². The predicted octanol–water partition coefficient (Wildman–Crippen LogP) is 3.97. The fourth-order valence-corrected chi connectivity index (χ4v) is 1.74. The highest BCUT2D eigenvalue weighted by atomic mass is 35.5. The number of rotatable bonds is 2. The standard InChI is InChI=1S/C14H7ClFN3/c15-11-5-4-9(7-17)6-14(11)19-13-3-1-2-12(16)10(13)8-18/h1-6,19H. The van der Waals surface area contributed by atoms with Gasteiger partial charge in [-0.2, -0.15) is 10.5 Å². The molecule has 2 aromatic rings. The molecular weight excluding hydrogens is 265 g/mol. The summed E-state index contributed by atoms with van der Waals surface area (Å²) in [5.74, 6) is -0.611. The second-order valence-electron chi connectivity index (χ2n) is 3.71. The van der Waals surface area contributed by atoms with Gasteiger partial charge in [0, 0.05) is 0 Å². The largest absolute Gasteiger partial charge is 0.353 e. The summed E-state index contributed by atoms with van der Waals surface area (Å²) in [6.07, 6.45) is 0. The van der Waals surface area contributed by atoms with Crippen LogP contribution in [-0.2, 0) is 0 Å². The first-order valence-corrected chi connectivity index (χ1v) is 5.69. The van der Waals surface area contributed by atoms with Crippen LogP contribution in [0.5, 0.6) is 0 Å². The van der Waals surface area contributed by atoms with E-state index < -0.39 is 5.82 Å². The van der Waals surface area contributed by atoms with Gasteiger partial charge in [-0.15, -0.1) is 0 Å². The first kappa shape index (κ1) is 12.9. The molecule has 2 aromatic carbocycles. The first-order chi connectivity index (χ1) is 9.15. The molecule has 0 radical (unpaired) electrons. The molecule has 0 unspecified atom stereocenters. The number of hydrogen-bond acceptors (Lipinski definition) is 3. The van der Waals surface area contributed by atoms with Crippen LogP contribution in [0.4, 0.5) is 15.8 Å². The normalized spacial score (nSPS) is 9.47.